The van der Waals surface area contributed by atoms with Gasteiger partial charge >= 0.3 is 5.97 Å². The third-order valence-corrected chi connectivity index (χ3v) is 3.89. The smallest absolute Gasteiger partial charge is 0.328 e. The number of nitrogens with zero attached hydrogens (tertiary/aromatic N) is 2. The maximum atomic E-state index is 12.7. The third kappa shape index (κ3) is 3.68. The lowest BCUT2D eigenvalue weighted by Gasteiger charge is -2.36. The Morgan fingerprint density at radius 3 is 2.86 bits per heavy atom. The van der Waals surface area contributed by atoms with Gasteiger partial charge in [-0.05, 0) is 37.8 Å². The number of pyridine rings is 1. The summed E-state index contributed by atoms with van der Waals surface area (Å²) in [6.07, 6.45) is 7.51. The van der Waals surface area contributed by atoms with E-state index < -0.39 is 5.97 Å². The van der Waals surface area contributed by atoms with Crippen LogP contribution in [0.25, 0.3) is 6.08 Å². The Hall–Kier alpha value is -2.17. The van der Waals surface area contributed by atoms with Crippen LogP contribution in [-0.4, -0.2) is 39.5 Å². The van der Waals surface area contributed by atoms with Crippen LogP contribution in [0.2, 0.25) is 0 Å². The average molecular weight is 288 g/mol. The Bertz CT molecular complexity index is 568. The summed E-state index contributed by atoms with van der Waals surface area (Å²) in [6.45, 7) is 5.00. The van der Waals surface area contributed by atoms with Crippen LogP contribution in [0.15, 0.2) is 24.5 Å². The highest BCUT2D eigenvalue weighted by molar-refractivity contribution is 5.99. The molecule has 2 heterocycles. The number of hydrogen-bond acceptors (Lipinski definition) is 3. The summed E-state index contributed by atoms with van der Waals surface area (Å²) in [6, 6.07) is 1.85. The molecular weight excluding hydrogens is 268 g/mol. The van der Waals surface area contributed by atoms with E-state index in [1.807, 2.05) is 4.90 Å². The fraction of sp³-hybridized carbons (Fsp3) is 0.438. The highest BCUT2D eigenvalue weighted by atomic mass is 16.4. The Labute approximate surface area is 124 Å². The van der Waals surface area contributed by atoms with Crippen molar-refractivity contribution in [2.45, 2.75) is 32.7 Å². The molecule has 2 rings (SSSR count). The Balaban J connectivity index is 2.25. The molecule has 1 aromatic heterocycles. The summed E-state index contributed by atoms with van der Waals surface area (Å²) in [5, 5.41) is 8.72. The van der Waals surface area contributed by atoms with Gasteiger partial charge in [-0.2, -0.15) is 0 Å². The second-order valence-corrected chi connectivity index (χ2v) is 5.61. The molecule has 0 aliphatic carbocycles. The number of carboxylic acids is 1. The van der Waals surface area contributed by atoms with E-state index in [1.54, 1.807) is 12.3 Å². The van der Waals surface area contributed by atoms with Crippen molar-refractivity contribution in [3.05, 3.63) is 35.7 Å². The first-order valence-electron chi connectivity index (χ1n) is 7.15. The van der Waals surface area contributed by atoms with Crippen LogP contribution in [0.1, 0.15) is 42.6 Å². The lowest BCUT2D eigenvalue weighted by Crippen LogP contribution is -2.44. The Morgan fingerprint density at radius 2 is 2.19 bits per heavy atom. The van der Waals surface area contributed by atoms with E-state index in [-0.39, 0.29) is 11.9 Å². The van der Waals surface area contributed by atoms with E-state index >= 15 is 0 Å². The molecule has 112 valence electrons. The first-order valence-corrected chi connectivity index (χ1v) is 7.15. The number of rotatable bonds is 3. The standard InChI is InChI=1S/C16H20N2O3/c1-11-6-8-18(12(2)9-11)16(21)14-5-7-17-10-13(14)3-4-15(19)20/h3-5,7,10-12H,6,8-9H2,1-2H3,(H,19,20). The number of amides is 1. The van der Waals surface area contributed by atoms with E-state index in [4.69, 9.17) is 5.11 Å². The van der Waals surface area contributed by atoms with Crippen molar-refractivity contribution < 1.29 is 14.7 Å². The molecule has 0 spiro atoms. The molecule has 1 N–H and O–H groups in total. The minimum atomic E-state index is -1.04. The molecule has 0 bridgehead atoms. The molecule has 0 aromatic carbocycles. The summed E-state index contributed by atoms with van der Waals surface area (Å²) in [4.78, 5) is 29.2. The van der Waals surface area contributed by atoms with Gasteiger partial charge in [0, 0.05) is 42.2 Å². The number of aliphatic carboxylic acids is 1. The highest BCUT2D eigenvalue weighted by Crippen LogP contribution is 2.24. The molecule has 1 aromatic rings. The minimum absolute atomic E-state index is 0.0539. The topological polar surface area (TPSA) is 70.5 Å². The molecule has 1 amide bonds. The number of carbonyl (C=O) groups excluding carboxylic acids is 1. The van der Waals surface area contributed by atoms with Crippen molar-refractivity contribution in [3.8, 4) is 0 Å². The minimum Gasteiger partial charge on any atom is -0.478 e. The summed E-state index contributed by atoms with van der Waals surface area (Å²) < 4.78 is 0. The zero-order valence-corrected chi connectivity index (χ0v) is 12.3. The molecule has 21 heavy (non-hydrogen) atoms. The lowest BCUT2D eigenvalue weighted by atomic mass is 9.92. The molecule has 1 fully saturated rings. The number of aromatic nitrogens is 1. The molecule has 5 heteroatoms. The number of carbonyl (C=O) groups is 2. The van der Waals surface area contributed by atoms with E-state index in [9.17, 15) is 9.59 Å². The molecule has 1 aliphatic rings. The van der Waals surface area contributed by atoms with Gasteiger partial charge in [-0.3, -0.25) is 9.78 Å². The molecule has 5 nitrogen and oxygen atoms in total. The maximum absolute atomic E-state index is 12.7. The number of likely N-dealkylation sites (tertiary alicyclic amines) is 1. The summed E-state index contributed by atoms with van der Waals surface area (Å²) in [5.41, 5.74) is 1.04. The van der Waals surface area contributed by atoms with E-state index in [0.29, 0.717) is 17.0 Å². The van der Waals surface area contributed by atoms with Gasteiger partial charge in [0.2, 0.25) is 0 Å². The first-order chi connectivity index (χ1) is 9.99. The van der Waals surface area contributed by atoms with Crippen LogP contribution in [0.5, 0.6) is 0 Å². The van der Waals surface area contributed by atoms with Crippen LogP contribution in [-0.2, 0) is 4.79 Å². The van der Waals surface area contributed by atoms with Crippen molar-refractivity contribution in [2.24, 2.45) is 5.92 Å². The van der Waals surface area contributed by atoms with Crippen LogP contribution >= 0.6 is 0 Å². The highest BCUT2D eigenvalue weighted by Gasteiger charge is 2.28. The van der Waals surface area contributed by atoms with Gasteiger partial charge in [-0.25, -0.2) is 4.79 Å². The van der Waals surface area contributed by atoms with Crippen molar-refractivity contribution in [2.75, 3.05) is 6.54 Å². The normalized spacial score (nSPS) is 22.5. The van der Waals surface area contributed by atoms with Crippen LogP contribution < -0.4 is 0 Å². The molecular formula is C16H20N2O3. The zero-order valence-electron chi connectivity index (χ0n) is 12.3. The SMILES string of the molecule is CC1CCN(C(=O)c2ccncc2C=CC(=O)O)C(C)C1. The van der Waals surface area contributed by atoms with Gasteiger partial charge in [0.25, 0.3) is 5.91 Å². The first kappa shape index (κ1) is 15.2. The van der Waals surface area contributed by atoms with Gasteiger partial charge < -0.3 is 10.0 Å². The second-order valence-electron chi connectivity index (χ2n) is 5.61. The average Bonchev–Trinajstić information content (AvgIpc) is 2.45. The van der Waals surface area contributed by atoms with Crippen molar-refractivity contribution in [3.63, 3.8) is 0 Å². The van der Waals surface area contributed by atoms with E-state index in [2.05, 4.69) is 18.8 Å². The third-order valence-electron chi connectivity index (χ3n) is 3.89. The Kier molecular flexibility index (Phi) is 4.73. The van der Waals surface area contributed by atoms with Gasteiger partial charge in [-0.15, -0.1) is 0 Å². The van der Waals surface area contributed by atoms with E-state index in [0.717, 1.165) is 25.5 Å². The lowest BCUT2D eigenvalue weighted by molar-refractivity contribution is -0.131. The Morgan fingerprint density at radius 1 is 1.43 bits per heavy atom. The van der Waals surface area contributed by atoms with Crippen LogP contribution in [0.3, 0.4) is 0 Å². The van der Waals surface area contributed by atoms with Crippen LogP contribution in [0.4, 0.5) is 0 Å². The summed E-state index contributed by atoms with van der Waals surface area (Å²) >= 11 is 0. The molecule has 2 unspecified atom stereocenters. The molecule has 2 atom stereocenters. The van der Waals surface area contributed by atoms with Crippen molar-refractivity contribution >= 4 is 18.0 Å². The van der Waals surface area contributed by atoms with Gasteiger partial charge in [0.05, 0.1) is 0 Å². The number of piperidine rings is 1. The number of carboxylic acid groups (broad SMARTS) is 1. The van der Waals surface area contributed by atoms with Crippen LogP contribution in [0, 0.1) is 5.92 Å². The predicted octanol–water partition coefficient (Wildman–Crippen LogP) is 2.44. The monoisotopic (exact) mass is 288 g/mol. The van der Waals surface area contributed by atoms with Crippen molar-refractivity contribution in [1.29, 1.82) is 0 Å². The van der Waals surface area contributed by atoms with Crippen molar-refractivity contribution in [1.82, 2.24) is 9.88 Å². The summed E-state index contributed by atoms with van der Waals surface area (Å²) in [5.74, 6) is -0.466. The maximum Gasteiger partial charge on any atom is 0.328 e. The molecule has 0 saturated carbocycles. The quantitative estimate of drug-likeness (QED) is 0.867. The van der Waals surface area contributed by atoms with Gasteiger partial charge in [-0.1, -0.05) is 6.92 Å². The van der Waals surface area contributed by atoms with Gasteiger partial charge in [0.15, 0.2) is 0 Å². The molecule has 1 aliphatic heterocycles. The molecule has 1 saturated heterocycles. The van der Waals surface area contributed by atoms with E-state index in [1.165, 1.54) is 12.3 Å². The zero-order chi connectivity index (χ0) is 15.4. The fourth-order valence-corrected chi connectivity index (χ4v) is 2.76. The molecule has 0 radical (unpaired) electrons. The fourth-order valence-electron chi connectivity index (χ4n) is 2.76. The predicted molar refractivity (Wildman–Crippen MR) is 79.8 cm³/mol. The number of hydrogen-bond donors (Lipinski definition) is 1. The second kappa shape index (κ2) is 6.52. The summed E-state index contributed by atoms with van der Waals surface area (Å²) in [7, 11) is 0. The van der Waals surface area contributed by atoms with Gasteiger partial charge in [0.1, 0.15) is 0 Å². The largest absolute Gasteiger partial charge is 0.478 e.